The molecule has 1 heterocycles. The predicted molar refractivity (Wildman–Crippen MR) is 158 cm³/mol. The van der Waals surface area contributed by atoms with Crippen LogP contribution in [0.3, 0.4) is 0 Å². The van der Waals surface area contributed by atoms with E-state index in [0.29, 0.717) is 6.42 Å². The topological polar surface area (TPSA) is 73.9 Å². The number of amides is 1. The van der Waals surface area contributed by atoms with Crippen molar-refractivity contribution in [1.29, 1.82) is 0 Å². The van der Waals surface area contributed by atoms with Crippen LogP contribution in [0.5, 0.6) is 0 Å². The SMILES string of the molecule is CC(=O)Cc1ccccc1C=C(CNC(=O)OCC1c2ccccc2-c2ccccc21)B1OC(C)(C)C(C)(C)O1. The van der Waals surface area contributed by atoms with Crippen molar-refractivity contribution in [2.75, 3.05) is 13.2 Å². The van der Waals surface area contributed by atoms with Gasteiger partial charge in [-0.05, 0) is 73.5 Å². The molecule has 40 heavy (non-hydrogen) atoms. The van der Waals surface area contributed by atoms with Gasteiger partial charge in [-0.25, -0.2) is 4.79 Å². The molecule has 1 aliphatic heterocycles. The number of nitrogens with one attached hydrogen (secondary N) is 1. The molecule has 0 radical (unpaired) electrons. The molecule has 3 aromatic carbocycles. The van der Waals surface area contributed by atoms with E-state index in [-0.39, 0.29) is 24.9 Å². The van der Waals surface area contributed by atoms with Gasteiger partial charge in [-0.2, -0.15) is 0 Å². The minimum Gasteiger partial charge on any atom is -0.449 e. The maximum atomic E-state index is 13.0. The molecule has 1 N–H and O–H groups in total. The lowest BCUT2D eigenvalue weighted by Crippen LogP contribution is -2.41. The molecular weight excluding hydrogens is 501 g/mol. The lowest BCUT2D eigenvalue weighted by Gasteiger charge is -2.32. The minimum atomic E-state index is -0.663. The second-order valence-corrected chi connectivity index (χ2v) is 11.6. The summed E-state index contributed by atoms with van der Waals surface area (Å²) in [5, 5.41) is 2.91. The summed E-state index contributed by atoms with van der Waals surface area (Å²) in [7, 11) is -0.663. The Kier molecular flexibility index (Phi) is 7.71. The molecule has 7 heteroatoms. The van der Waals surface area contributed by atoms with Crippen molar-refractivity contribution in [3.8, 4) is 11.1 Å². The second kappa shape index (κ2) is 11.1. The van der Waals surface area contributed by atoms with Crippen LogP contribution in [-0.4, -0.2) is 43.3 Å². The van der Waals surface area contributed by atoms with E-state index in [4.69, 9.17) is 14.0 Å². The molecule has 206 valence electrons. The maximum absolute atomic E-state index is 13.0. The Morgan fingerprint density at radius 1 is 0.875 bits per heavy atom. The summed E-state index contributed by atoms with van der Waals surface area (Å²) < 4.78 is 18.4. The van der Waals surface area contributed by atoms with Gasteiger partial charge in [-0.1, -0.05) is 78.9 Å². The van der Waals surface area contributed by atoms with Gasteiger partial charge >= 0.3 is 13.2 Å². The number of Topliss-reactive ketones (excluding diaryl/α,β-unsaturated/α-hetero) is 1. The first kappa shape index (κ1) is 27.9. The van der Waals surface area contributed by atoms with E-state index in [2.05, 4.69) is 29.6 Å². The van der Waals surface area contributed by atoms with Gasteiger partial charge in [-0.15, -0.1) is 0 Å². The summed E-state index contributed by atoms with van der Waals surface area (Å²) in [6, 6.07) is 24.2. The summed E-state index contributed by atoms with van der Waals surface area (Å²) in [5.41, 5.74) is 6.14. The average Bonchev–Trinajstić information content (AvgIpc) is 3.34. The third kappa shape index (κ3) is 5.62. The highest BCUT2D eigenvalue weighted by atomic mass is 16.7. The number of hydrogen-bond donors (Lipinski definition) is 1. The zero-order chi connectivity index (χ0) is 28.5. The summed E-state index contributed by atoms with van der Waals surface area (Å²) in [4.78, 5) is 24.9. The van der Waals surface area contributed by atoms with E-state index >= 15 is 0 Å². The van der Waals surface area contributed by atoms with Gasteiger partial charge in [0.15, 0.2) is 0 Å². The number of fused-ring (bicyclic) bond motifs is 3. The summed E-state index contributed by atoms with van der Waals surface area (Å²) >= 11 is 0. The molecule has 1 saturated heterocycles. The maximum Gasteiger partial charge on any atom is 0.492 e. The molecule has 2 aliphatic rings. The number of alkyl carbamates (subject to hydrolysis) is 1. The number of ether oxygens (including phenoxy) is 1. The fraction of sp³-hybridized carbons (Fsp3) is 0.333. The highest BCUT2D eigenvalue weighted by Crippen LogP contribution is 2.44. The molecule has 0 unspecified atom stereocenters. The molecule has 0 bridgehead atoms. The van der Waals surface area contributed by atoms with Gasteiger partial charge in [0.25, 0.3) is 0 Å². The molecule has 0 spiro atoms. The van der Waals surface area contributed by atoms with Crippen molar-refractivity contribution in [3.05, 3.63) is 101 Å². The van der Waals surface area contributed by atoms with Crippen LogP contribution in [-0.2, 0) is 25.3 Å². The van der Waals surface area contributed by atoms with Crippen molar-refractivity contribution in [2.24, 2.45) is 0 Å². The quantitative estimate of drug-likeness (QED) is 0.338. The number of carbonyl (C=O) groups is 2. The van der Waals surface area contributed by atoms with Gasteiger partial charge in [0.05, 0.1) is 11.2 Å². The molecule has 6 nitrogen and oxygen atoms in total. The largest absolute Gasteiger partial charge is 0.492 e. The normalized spacial score (nSPS) is 17.3. The highest BCUT2D eigenvalue weighted by molar-refractivity contribution is 6.56. The van der Waals surface area contributed by atoms with Gasteiger partial charge in [0, 0.05) is 18.9 Å². The van der Waals surface area contributed by atoms with Crippen LogP contribution < -0.4 is 5.32 Å². The molecule has 1 fully saturated rings. The monoisotopic (exact) mass is 537 g/mol. The van der Waals surface area contributed by atoms with E-state index in [9.17, 15) is 9.59 Å². The van der Waals surface area contributed by atoms with Crippen LogP contribution >= 0.6 is 0 Å². The lowest BCUT2D eigenvalue weighted by atomic mass is 9.76. The second-order valence-electron chi connectivity index (χ2n) is 11.6. The van der Waals surface area contributed by atoms with Crippen LogP contribution in [0.25, 0.3) is 17.2 Å². The molecule has 0 aromatic heterocycles. The Bertz CT molecular complexity index is 1400. The molecule has 0 saturated carbocycles. The van der Waals surface area contributed by atoms with E-state index in [0.717, 1.165) is 27.7 Å². The Labute approximate surface area is 236 Å². The Morgan fingerprint density at radius 3 is 2.02 bits per heavy atom. The smallest absolute Gasteiger partial charge is 0.449 e. The van der Waals surface area contributed by atoms with Crippen molar-refractivity contribution >= 4 is 25.1 Å². The summed E-state index contributed by atoms with van der Waals surface area (Å²) in [5.74, 6) is 0.0597. The van der Waals surface area contributed by atoms with Crippen molar-refractivity contribution < 1.29 is 23.6 Å². The number of ketones is 1. The fourth-order valence-electron chi connectivity index (χ4n) is 5.32. The third-order valence-electron chi connectivity index (χ3n) is 8.17. The molecule has 0 atom stereocenters. The first-order valence-corrected chi connectivity index (χ1v) is 13.8. The number of rotatable bonds is 8. The predicted octanol–water partition coefficient (Wildman–Crippen LogP) is 6.37. The summed E-state index contributed by atoms with van der Waals surface area (Å²) in [6.45, 7) is 9.95. The molecule has 1 aliphatic carbocycles. The molecule has 3 aromatic rings. The van der Waals surface area contributed by atoms with Crippen LogP contribution in [0, 0.1) is 0 Å². The average molecular weight is 537 g/mol. The van der Waals surface area contributed by atoms with Crippen LogP contribution in [0.2, 0.25) is 0 Å². The van der Waals surface area contributed by atoms with E-state index < -0.39 is 24.4 Å². The van der Waals surface area contributed by atoms with Crippen molar-refractivity contribution in [2.45, 2.75) is 58.2 Å². The van der Waals surface area contributed by atoms with E-state index in [1.165, 1.54) is 11.1 Å². The Hall–Kier alpha value is -3.68. The Balaban J connectivity index is 1.33. The standard InChI is InChI=1S/C33H36BNO5/c1-22(36)18-23-12-6-7-13-24(23)19-25(34-39-32(2,3)33(4,5)40-34)20-35-31(37)38-21-30-28-16-10-8-14-26(28)27-15-9-11-17-29(27)30/h6-17,19,30H,18,20-21H2,1-5H3,(H,35,37). The van der Waals surface area contributed by atoms with Crippen LogP contribution in [0.15, 0.2) is 78.3 Å². The van der Waals surface area contributed by atoms with Gasteiger partial charge in [0.2, 0.25) is 0 Å². The minimum absolute atomic E-state index is 0.0188. The zero-order valence-corrected chi connectivity index (χ0v) is 23.8. The van der Waals surface area contributed by atoms with Gasteiger partial charge in [0.1, 0.15) is 12.4 Å². The van der Waals surface area contributed by atoms with Crippen LogP contribution in [0.4, 0.5) is 4.79 Å². The first-order valence-electron chi connectivity index (χ1n) is 13.8. The fourth-order valence-corrected chi connectivity index (χ4v) is 5.32. The number of benzene rings is 3. The van der Waals surface area contributed by atoms with Crippen LogP contribution in [0.1, 0.15) is 62.8 Å². The third-order valence-corrected chi connectivity index (χ3v) is 8.17. The number of hydrogen-bond acceptors (Lipinski definition) is 5. The molecule has 5 rings (SSSR count). The Morgan fingerprint density at radius 2 is 1.43 bits per heavy atom. The first-order chi connectivity index (χ1) is 19.1. The van der Waals surface area contributed by atoms with Crippen molar-refractivity contribution in [1.82, 2.24) is 5.32 Å². The lowest BCUT2D eigenvalue weighted by molar-refractivity contribution is -0.116. The number of carbonyl (C=O) groups excluding carboxylic acids is 2. The summed E-state index contributed by atoms with van der Waals surface area (Å²) in [6.07, 6.45) is 1.76. The van der Waals surface area contributed by atoms with Crippen molar-refractivity contribution in [3.63, 3.8) is 0 Å². The molecular formula is C33H36BNO5. The zero-order valence-electron chi connectivity index (χ0n) is 23.8. The van der Waals surface area contributed by atoms with Gasteiger partial charge in [-0.3, -0.25) is 4.79 Å². The molecule has 1 amide bonds. The van der Waals surface area contributed by atoms with E-state index in [1.54, 1.807) is 6.92 Å². The van der Waals surface area contributed by atoms with Gasteiger partial charge < -0.3 is 19.4 Å². The van der Waals surface area contributed by atoms with E-state index in [1.807, 2.05) is 82.3 Å². The highest BCUT2D eigenvalue weighted by Gasteiger charge is 2.52.